The van der Waals surface area contributed by atoms with E-state index in [1.165, 1.54) is 0 Å². The molecule has 1 aliphatic heterocycles. The molecule has 3 rings (SSSR count). The number of carbonyl (C=O) groups excluding carboxylic acids is 1. The van der Waals surface area contributed by atoms with Crippen molar-refractivity contribution in [2.75, 3.05) is 50.7 Å². The fourth-order valence-electron chi connectivity index (χ4n) is 2.66. The fraction of sp³-hybridized carbons (Fsp3) is 0.389. The van der Waals surface area contributed by atoms with Gasteiger partial charge in [-0.05, 0) is 6.07 Å². The molecule has 0 saturated carbocycles. The maximum Gasteiger partial charge on any atom is 0.319 e. The Morgan fingerprint density at radius 2 is 1.89 bits per heavy atom. The molecule has 0 aliphatic carbocycles. The lowest BCUT2D eigenvalue weighted by Gasteiger charge is -2.27. The normalized spacial score (nSPS) is 13.8. The Morgan fingerprint density at radius 3 is 2.56 bits per heavy atom. The maximum atomic E-state index is 12.2. The van der Waals surface area contributed by atoms with Gasteiger partial charge in [0, 0.05) is 43.2 Å². The maximum absolute atomic E-state index is 12.2. The number of urea groups is 1. The topological polar surface area (TPSA) is 97.8 Å². The van der Waals surface area contributed by atoms with Gasteiger partial charge in [0.15, 0.2) is 0 Å². The van der Waals surface area contributed by atoms with Crippen molar-refractivity contribution in [3.05, 3.63) is 36.3 Å². The van der Waals surface area contributed by atoms with Crippen LogP contribution in [0.4, 0.5) is 16.3 Å². The molecule has 1 saturated heterocycles. The second-order valence-corrected chi connectivity index (χ2v) is 5.84. The summed E-state index contributed by atoms with van der Waals surface area (Å²) < 4.78 is 15.7. The van der Waals surface area contributed by atoms with Crippen LogP contribution in [0.1, 0.15) is 5.82 Å². The quantitative estimate of drug-likeness (QED) is 0.794. The van der Waals surface area contributed by atoms with Gasteiger partial charge in [-0.3, -0.25) is 0 Å². The minimum Gasteiger partial charge on any atom is -0.497 e. The lowest BCUT2D eigenvalue weighted by Crippen LogP contribution is -2.37. The molecule has 0 atom stereocenters. The van der Waals surface area contributed by atoms with E-state index in [4.69, 9.17) is 14.2 Å². The Morgan fingerprint density at radius 1 is 1.19 bits per heavy atom. The Kier molecular flexibility index (Phi) is 6.26. The van der Waals surface area contributed by atoms with Gasteiger partial charge < -0.3 is 29.7 Å². The van der Waals surface area contributed by atoms with E-state index in [0.717, 1.165) is 18.9 Å². The number of morpholine rings is 1. The summed E-state index contributed by atoms with van der Waals surface area (Å²) in [5, 5.41) is 5.50. The number of amides is 2. The first-order valence-electron chi connectivity index (χ1n) is 8.60. The third kappa shape index (κ3) is 5.20. The van der Waals surface area contributed by atoms with E-state index in [0.29, 0.717) is 36.2 Å². The highest BCUT2D eigenvalue weighted by atomic mass is 16.5. The van der Waals surface area contributed by atoms with Crippen LogP contribution in [-0.2, 0) is 11.3 Å². The Bertz CT molecular complexity index is 758. The van der Waals surface area contributed by atoms with Gasteiger partial charge in [-0.2, -0.15) is 0 Å². The van der Waals surface area contributed by atoms with Crippen LogP contribution in [-0.4, -0.2) is 56.5 Å². The molecular formula is C18H23N5O4. The number of nitrogens with one attached hydrogen (secondary N) is 2. The van der Waals surface area contributed by atoms with Crippen LogP contribution < -0.4 is 25.0 Å². The van der Waals surface area contributed by atoms with Gasteiger partial charge in [0.1, 0.15) is 23.1 Å². The lowest BCUT2D eigenvalue weighted by molar-refractivity contribution is 0.122. The summed E-state index contributed by atoms with van der Waals surface area (Å²) in [6.07, 6.45) is 1.69. The second kappa shape index (κ2) is 9.04. The van der Waals surface area contributed by atoms with Crippen molar-refractivity contribution in [2.24, 2.45) is 0 Å². The van der Waals surface area contributed by atoms with E-state index in [-0.39, 0.29) is 12.6 Å². The molecule has 9 heteroatoms. The minimum absolute atomic E-state index is 0.213. The highest BCUT2D eigenvalue weighted by Crippen LogP contribution is 2.25. The SMILES string of the molecule is COc1cc(NC(=O)NCc2nccc(N3CCOCC3)n2)cc(OC)c1. The van der Waals surface area contributed by atoms with Gasteiger partial charge in [-0.25, -0.2) is 14.8 Å². The molecule has 0 spiro atoms. The van der Waals surface area contributed by atoms with E-state index in [1.807, 2.05) is 6.07 Å². The average Bonchev–Trinajstić information content (AvgIpc) is 2.72. The monoisotopic (exact) mass is 373 g/mol. The first-order valence-corrected chi connectivity index (χ1v) is 8.60. The van der Waals surface area contributed by atoms with Gasteiger partial charge in [0.05, 0.1) is 34.0 Å². The third-order valence-electron chi connectivity index (χ3n) is 4.04. The molecule has 2 aromatic rings. The van der Waals surface area contributed by atoms with Crippen LogP contribution in [0.2, 0.25) is 0 Å². The molecule has 9 nitrogen and oxygen atoms in total. The van der Waals surface area contributed by atoms with Crippen LogP contribution in [0.25, 0.3) is 0 Å². The van der Waals surface area contributed by atoms with Crippen molar-refractivity contribution in [3.63, 3.8) is 0 Å². The van der Waals surface area contributed by atoms with Crippen LogP contribution >= 0.6 is 0 Å². The van der Waals surface area contributed by atoms with E-state index < -0.39 is 0 Å². The Balaban J connectivity index is 1.58. The Hall–Kier alpha value is -3.07. The van der Waals surface area contributed by atoms with Crippen LogP contribution in [0, 0.1) is 0 Å². The Labute approximate surface area is 157 Å². The smallest absolute Gasteiger partial charge is 0.319 e. The number of hydrogen-bond acceptors (Lipinski definition) is 7. The highest BCUT2D eigenvalue weighted by Gasteiger charge is 2.13. The number of rotatable bonds is 6. The highest BCUT2D eigenvalue weighted by molar-refractivity contribution is 5.89. The van der Waals surface area contributed by atoms with Crippen LogP contribution in [0.15, 0.2) is 30.5 Å². The first-order chi connectivity index (χ1) is 13.2. The second-order valence-electron chi connectivity index (χ2n) is 5.84. The van der Waals surface area contributed by atoms with E-state index in [2.05, 4.69) is 25.5 Å². The number of aromatic nitrogens is 2. The predicted molar refractivity (Wildman–Crippen MR) is 100 cm³/mol. The van der Waals surface area contributed by atoms with Crippen LogP contribution in [0.3, 0.4) is 0 Å². The predicted octanol–water partition coefficient (Wildman–Crippen LogP) is 1.65. The number of benzene rings is 1. The molecule has 1 fully saturated rings. The molecule has 2 amide bonds. The summed E-state index contributed by atoms with van der Waals surface area (Å²) in [7, 11) is 3.11. The summed E-state index contributed by atoms with van der Waals surface area (Å²) in [5.41, 5.74) is 0.562. The number of methoxy groups -OCH3 is 2. The van der Waals surface area contributed by atoms with Gasteiger partial charge in [-0.1, -0.05) is 0 Å². The summed E-state index contributed by atoms with van der Waals surface area (Å²) in [4.78, 5) is 23.0. The third-order valence-corrected chi connectivity index (χ3v) is 4.04. The molecule has 1 aromatic heterocycles. The largest absolute Gasteiger partial charge is 0.497 e. The van der Waals surface area contributed by atoms with E-state index in [9.17, 15) is 4.79 Å². The van der Waals surface area contributed by atoms with Crippen molar-refractivity contribution in [3.8, 4) is 11.5 Å². The first kappa shape index (κ1) is 18.7. The zero-order chi connectivity index (χ0) is 19.1. The van der Waals surface area contributed by atoms with Crippen molar-refractivity contribution >= 4 is 17.5 Å². The molecule has 1 aliphatic rings. The molecule has 144 valence electrons. The summed E-state index contributed by atoms with van der Waals surface area (Å²) in [5.74, 6) is 2.55. The number of anilines is 2. The molecular weight excluding hydrogens is 350 g/mol. The molecule has 0 radical (unpaired) electrons. The number of ether oxygens (including phenoxy) is 3. The van der Waals surface area contributed by atoms with Gasteiger partial charge in [-0.15, -0.1) is 0 Å². The molecule has 1 aromatic carbocycles. The minimum atomic E-state index is -0.370. The molecule has 0 bridgehead atoms. The summed E-state index contributed by atoms with van der Waals surface area (Å²) in [6.45, 7) is 3.17. The number of carbonyl (C=O) groups is 1. The number of hydrogen-bond donors (Lipinski definition) is 2. The van der Waals surface area contributed by atoms with Crippen LogP contribution in [0.5, 0.6) is 11.5 Å². The van der Waals surface area contributed by atoms with E-state index >= 15 is 0 Å². The van der Waals surface area contributed by atoms with Gasteiger partial charge in [0.2, 0.25) is 0 Å². The van der Waals surface area contributed by atoms with Crippen molar-refractivity contribution < 1.29 is 19.0 Å². The standard InChI is InChI=1S/C18H23N5O4/c1-25-14-9-13(10-15(11-14)26-2)21-18(24)20-12-16-19-4-3-17(22-16)23-5-7-27-8-6-23/h3-4,9-11H,5-8,12H2,1-2H3,(H2,20,21,24). The zero-order valence-corrected chi connectivity index (χ0v) is 15.4. The fourth-order valence-corrected chi connectivity index (χ4v) is 2.66. The molecule has 0 unspecified atom stereocenters. The van der Waals surface area contributed by atoms with Crippen molar-refractivity contribution in [1.29, 1.82) is 0 Å². The van der Waals surface area contributed by atoms with Gasteiger partial charge in [0.25, 0.3) is 0 Å². The molecule has 2 N–H and O–H groups in total. The molecule has 27 heavy (non-hydrogen) atoms. The molecule has 2 heterocycles. The summed E-state index contributed by atoms with van der Waals surface area (Å²) in [6, 6.07) is 6.63. The van der Waals surface area contributed by atoms with Crippen molar-refractivity contribution in [1.82, 2.24) is 15.3 Å². The van der Waals surface area contributed by atoms with E-state index in [1.54, 1.807) is 38.6 Å². The van der Waals surface area contributed by atoms with Gasteiger partial charge >= 0.3 is 6.03 Å². The number of nitrogens with zero attached hydrogens (tertiary/aromatic N) is 3. The van der Waals surface area contributed by atoms with Crippen molar-refractivity contribution in [2.45, 2.75) is 6.54 Å². The lowest BCUT2D eigenvalue weighted by atomic mass is 10.3. The summed E-state index contributed by atoms with van der Waals surface area (Å²) >= 11 is 0. The zero-order valence-electron chi connectivity index (χ0n) is 15.4. The average molecular weight is 373 g/mol.